The normalized spacial score (nSPS) is 56.4. The van der Waals surface area contributed by atoms with Crippen LogP contribution in [-0.2, 0) is 9.59 Å². The van der Waals surface area contributed by atoms with Crippen LogP contribution in [-0.4, -0.2) is 45.9 Å². The molecule has 0 aromatic heterocycles. The zero-order valence-electron chi connectivity index (χ0n) is 8.67. The third-order valence-corrected chi connectivity index (χ3v) is 4.98. The van der Waals surface area contributed by atoms with E-state index in [4.69, 9.17) is 0 Å². The van der Waals surface area contributed by atoms with Gasteiger partial charge in [0.25, 0.3) is 0 Å². The Hall–Kier alpha value is -1.14. The molecule has 6 nitrogen and oxygen atoms in total. The summed E-state index contributed by atoms with van der Waals surface area (Å²) in [6.07, 6.45) is -0.531. The van der Waals surface area contributed by atoms with Crippen LogP contribution in [0.15, 0.2) is 0 Å². The van der Waals surface area contributed by atoms with Gasteiger partial charge >= 0.3 is 11.9 Å². The van der Waals surface area contributed by atoms with Crippen molar-refractivity contribution in [3.8, 4) is 0 Å². The van der Waals surface area contributed by atoms with Gasteiger partial charge in [-0.25, -0.2) is 0 Å². The highest BCUT2D eigenvalue weighted by molar-refractivity contribution is 5.91. The van der Waals surface area contributed by atoms with Gasteiger partial charge in [0.05, 0.1) is 11.5 Å². The van der Waals surface area contributed by atoms with Crippen molar-refractivity contribution in [2.24, 2.45) is 23.2 Å². The van der Waals surface area contributed by atoms with Crippen molar-refractivity contribution >= 4 is 11.9 Å². The van der Waals surface area contributed by atoms with Gasteiger partial charge in [-0.2, -0.15) is 0 Å². The van der Waals surface area contributed by atoms with E-state index in [0.717, 1.165) is 0 Å². The fraction of sp³-hybridized carbons (Fsp3) is 0.800. The molecule has 4 fully saturated rings. The Kier molecular flexibility index (Phi) is 1.51. The highest BCUT2D eigenvalue weighted by Gasteiger charge is 2.92. The van der Waals surface area contributed by atoms with E-state index in [1.807, 2.05) is 0 Å². The highest BCUT2D eigenvalue weighted by atomic mass is 16.4. The topological polar surface area (TPSA) is 107 Å². The number of rotatable bonds is 3. The van der Waals surface area contributed by atoms with Gasteiger partial charge < -0.3 is 20.6 Å². The molecule has 6 heteroatoms. The van der Waals surface area contributed by atoms with Gasteiger partial charge in [-0.1, -0.05) is 0 Å². The van der Waals surface area contributed by atoms with E-state index in [1.165, 1.54) is 7.05 Å². The number of aliphatic hydroxyl groups excluding tert-OH is 1. The summed E-state index contributed by atoms with van der Waals surface area (Å²) in [5.74, 6) is -3.37. The minimum absolute atomic E-state index is 0.270. The van der Waals surface area contributed by atoms with Gasteiger partial charge in [0, 0.05) is 17.8 Å². The number of nitrogens with one attached hydrogen (secondary N) is 1. The van der Waals surface area contributed by atoms with Crippen LogP contribution in [0.5, 0.6) is 0 Å². The van der Waals surface area contributed by atoms with Gasteiger partial charge in [-0.3, -0.25) is 9.59 Å². The summed E-state index contributed by atoms with van der Waals surface area (Å²) in [6, 6.07) is 0. The Balaban J connectivity index is 2.11. The lowest BCUT2D eigenvalue weighted by atomic mass is 9.87. The molecule has 4 saturated carbocycles. The first-order valence-corrected chi connectivity index (χ1v) is 5.28. The molecule has 16 heavy (non-hydrogen) atoms. The van der Waals surface area contributed by atoms with Gasteiger partial charge in [-0.05, 0) is 13.5 Å². The third kappa shape index (κ3) is 0.647. The van der Waals surface area contributed by atoms with Gasteiger partial charge in [0.1, 0.15) is 5.54 Å². The SMILES string of the molecule is CNC1(C(=O)O)C2CC3(C(=O)O)C(C2O)C31. The number of carboxylic acid groups (broad SMARTS) is 2. The van der Waals surface area contributed by atoms with Crippen molar-refractivity contribution in [2.75, 3.05) is 7.05 Å². The van der Waals surface area contributed by atoms with E-state index in [-0.39, 0.29) is 6.42 Å². The quantitative estimate of drug-likeness (QED) is 0.479. The molecule has 0 heterocycles. The lowest BCUT2D eigenvalue weighted by Crippen LogP contribution is -2.55. The van der Waals surface area contributed by atoms with Crippen LogP contribution in [0.2, 0.25) is 0 Å². The molecule has 4 aliphatic carbocycles. The Bertz CT molecular complexity index is 410. The van der Waals surface area contributed by atoms with Crippen molar-refractivity contribution in [1.29, 1.82) is 0 Å². The van der Waals surface area contributed by atoms with Crippen LogP contribution in [0.3, 0.4) is 0 Å². The number of carbonyl (C=O) groups is 2. The maximum atomic E-state index is 11.4. The Labute approximate surface area is 91.3 Å². The predicted molar refractivity (Wildman–Crippen MR) is 50.6 cm³/mol. The molecule has 0 aliphatic heterocycles. The van der Waals surface area contributed by atoms with Crippen LogP contribution in [0, 0.1) is 23.2 Å². The maximum absolute atomic E-state index is 11.4. The molecule has 4 bridgehead atoms. The van der Waals surface area contributed by atoms with Crippen LogP contribution < -0.4 is 5.32 Å². The van der Waals surface area contributed by atoms with Crippen molar-refractivity contribution in [2.45, 2.75) is 18.1 Å². The average molecular weight is 227 g/mol. The first kappa shape index (κ1) is 10.0. The van der Waals surface area contributed by atoms with E-state index in [2.05, 4.69) is 5.32 Å². The lowest BCUT2D eigenvalue weighted by Gasteiger charge is -2.28. The average Bonchev–Trinajstić information content (AvgIpc) is 2.52. The minimum atomic E-state index is -1.25. The third-order valence-electron chi connectivity index (χ3n) is 4.98. The molecule has 0 spiro atoms. The zero-order chi connectivity index (χ0) is 11.9. The number of hydrogen-bond donors (Lipinski definition) is 4. The molecular weight excluding hydrogens is 214 g/mol. The largest absolute Gasteiger partial charge is 0.481 e. The number of likely N-dealkylation sites (N-methyl/N-ethyl adjacent to an activating group) is 1. The highest BCUT2D eigenvalue weighted by Crippen LogP contribution is 2.82. The van der Waals surface area contributed by atoms with Crippen LogP contribution in [0.25, 0.3) is 0 Å². The number of carboxylic acids is 2. The molecule has 4 aliphatic rings. The molecule has 6 atom stereocenters. The van der Waals surface area contributed by atoms with Crippen molar-refractivity contribution in [3.63, 3.8) is 0 Å². The minimum Gasteiger partial charge on any atom is -0.481 e. The molecule has 6 unspecified atom stereocenters. The molecule has 0 saturated heterocycles. The summed E-state index contributed by atoms with van der Waals surface area (Å²) in [4.78, 5) is 22.6. The maximum Gasteiger partial charge on any atom is 0.324 e. The Morgan fingerprint density at radius 3 is 2.19 bits per heavy atom. The van der Waals surface area contributed by atoms with E-state index >= 15 is 0 Å². The van der Waals surface area contributed by atoms with Crippen LogP contribution in [0.1, 0.15) is 6.42 Å². The van der Waals surface area contributed by atoms with Crippen molar-refractivity contribution < 1.29 is 24.9 Å². The molecule has 4 rings (SSSR count). The number of hydrogen-bond acceptors (Lipinski definition) is 4. The smallest absolute Gasteiger partial charge is 0.324 e. The molecule has 0 aromatic carbocycles. The van der Waals surface area contributed by atoms with E-state index < -0.39 is 46.8 Å². The van der Waals surface area contributed by atoms with Crippen molar-refractivity contribution in [3.05, 3.63) is 0 Å². The summed E-state index contributed by atoms with van der Waals surface area (Å²) < 4.78 is 0. The lowest BCUT2D eigenvalue weighted by molar-refractivity contribution is -0.148. The first-order valence-electron chi connectivity index (χ1n) is 5.28. The van der Waals surface area contributed by atoms with E-state index in [1.54, 1.807) is 0 Å². The first-order chi connectivity index (χ1) is 7.44. The fourth-order valence-electron chi connectivity index (χ4n) is 4.42. The summed E-state index contributed by atoms with van der Waals surface area (Å²) in [5, 5.41) is 31.2. The molecule has 88 valence electrons. The molecule has 0 amide bonds. The van der Waals surface area contributed by atoms with Crippen LogP contribution >= 0.6 is 0 Å². The van der Waals surface area contributed by atoms with Gasteiger partial charge in [-0.15, -0.1) is 0 Å². The van der Waals surface area contributed by atoms with Gasteiger partial charge in [0.2, 0.25) is 0 Å². The van der Waals surface area contributed by atoms with Crippen LogP contribution in [0.4, 0.5) is 0 Å². The number of aliphatic carboxylic acids is 2. The van der Waals surface area contributed by atoms with Gasteiger partial charge in [0.15, 0.2) is 0 Å². The predicted octanol–water partition coefficient (Wildman–Crippen LogP) is -1.26. The second kappa shape index (κ2) is 2.41. The van der Waals surface area contributed by atoms with E-state index in [0.29, 0.717) is 0 Å². The summed E-state index contributed by atoms with van der Waals surface area (Å²) >= 11 is 0. The van der Waals surface area contributed by atoms with Crippen molar-refractivity contribution in [1.82, 2.24) is 5.32 Å². The molecule has 0 radical (unpaired) electrons. The fourth-order valence-corrected chi connectivity index (χ4v) is 4.42. The van der Waals surface area contributed by atoms with E-state index in [9.17, 15) is 24.9 Å². The summed E-state index contributed by atoms with van der Waals surface area (Å²) in [5.41, 5.74) is -2.24. The number of aliphatic hydroxyl groups is 1. The second-order valence-electron chi connectivity index (χ2n) is 5.07. The second-order valence-corrected chi connectivity index (χ2v) is 5.07. The standard InChI is InChI=1S/C10H13NO5/c1-11-10(8(15)16)3-2-9(7(13)14)4(5(3)12)6(9)10/h3-6,11-12H,2H2,1H3,(H,13,14)(H,15,16). The summed E-state index contributed by atoms with van der Waals surface area (Å²) in [7, 11) is 1.52. The molecule has 0 aromatic rings. The monoisotopic (exact) mass is 227 g/mol. The molecule has 4 N–H and O–H groups in total. The Morgan fingerprint density at radius 2 is 1.94 bits per heavy atom. The Morgan fingerprint density at radius 1 is 1.31 bits per heavy atom. The molecular formula is C10H13NO5. The zero-order valence-corrected chi connectivity index (χ0v) is 8.67. The summed E-state index contributed by atoms with van der Waals surface area (Å²) in [6.45, 7) is 0.